The van der Waals surface area contributed by atoms with Gasteiger partial charge in [-0.1, -0.05) is 44.5 Å². The summed E-state index contributed by atoms with van der Waals surface area (Å²) < 4.78 is 64.8. The van der Waals surface area contributed by atoms with Crippen molar-refractivity contribution in [2.75, 3.05) is 68.0 Å². The average Bonchev–Trinajstić information content (AvgIpc) is 3.99. The number of fused-ring (bicyclic) bond motifs is 3. The van der Waals surface area contributed by atoms with E-state index in [2.05, 4.69) is 25.4 Å². The van der Waals surface area contributed by atoms with Crippen LogP contribution in [0.1, 0.15) is 102 Å². The number of amides is 5. The number of aromatic nitrogens is 1. The number of halogens is 5. The van der Waals surface area contributed by atoms with Crippen LogP contribution in [0.25, 0.3) is 0 Å². The summed E-state index contributed by atoms with van der Waals surface area (Å²) in [7, 11) is 1.45. The Morgan fingerprint density at radius 3 is 2.36 bits per heavy atom. The lowest BCUT2D eigenvalue weighted by Gasteiger charge is -2.43. The number of imide groups is 1. The summed E-state index contributed by atoms with van der Waals surface area (Å²) in [5.74, 6) is -3.58. The number of alkyl halides is 3. The number of pyridine rings is 1. The second-order valence-corrected chi connectivity index (χ2v) is 21.7. The number of nitrogens with two attached hydrogens (primary N) is 1. The molecule has 5 amide bonds. The summed E-state index contributed by atoms with van der Waals surface area (Å²) >= 11 is 6.42. The average molecular weight is 1030 g/mol. The third kappa shape index (κ3) is 8.89. The molecule has 73 heavy (non-hydrogen) atoms. The van der Waals surface area contributed by atoms with Crippen molar-refractivity contribution in [3.8, 4) is 5.75 Å². The van der Waals surface area contributed by atoms with Crippen molar-refractivity contribution >= 4 is 58.2 Å². The van der Waals surface area contributed by atoms with Gasteiger partial charge in [-0.3, -0.25) is 39.2 Å². The Balaban J connectivity index is 0.863. The van der Waals surface area contributed by atoms with Gasteiger partial charge in [0.15, 0.2) is 0 Å². The molecule has 1 aromatic heterocycles. The molecular formula is C53H58ClF4N9O6. The van der Waals surface area contributed by atoms with Crippen molar-refractivity contribution in [2.45, 2.75) is 101 Å². The Bertz CT molecular complexity index is 2900. The number of hydrogen-bond acceptors (Lipinski definition) is 11. The van der Waals surface area contributed by atoms with Gasteiger partial charge in [0.05, 0.1) is 17.8 Å². The molecule has 4 N–H and O–H groups in total. The SMILES string of the molecule is COc1cc(C(=O)N2CCN(C3CCN(c4ccc5c(c4)CN(C4CCC(=O)NC4=O)C5=O)CC3)CC2)ccc1N1[C@@H](CC(C)(C)C)[C@@]2(CNc3cc(C(F)(F)F)ncc32)[C@@H](c2cccc(Cl)c2F)[C@@H]1C(N)=O. The first-order valence-electron chi connectivity index (χ1n) is 24.8. The summed E-state index contributed by atoms with van der Waals surface area (Å²) in [4.78, 5) is 79.8. The van der Waals surface area contributed by atoms with E-state index < -0.39 is 64.4 Å². The monoisotopic (exact) mass is 1030 g/mol. The van der Waals surface area contributed by atoms with E-state index in [1.807, 2.05) is 48.8 Å². The van der Waals surface area contributed by atoms with Gasteiger partial charge in [0.1, 0.15) is 29.3 Å². The predicted molar refractivity (Wildman–Crippen MR) is 265 cm³/mol. The van der Waals surface area contributed by atoms with Crippen molar-refractivity contribution in [3.63, 3.8) is 0 Å². The smallest absolute Gasteiger partial charge is 0.433 e. The number of rotatable bonds is 9. The molecule has 4 fully saturated rings. The zero-order valence-electron chi connectivity index (χ0n) is 41.0. The van der Waals surface area contributed by atoms with Gasteiger partial charge in [-0.15, -0.1) is 0 Å². The molecule has 10 rings (SSSR count). The fraction of sp³-hybridized carbons (Fsp3) is 0.472. The van der Waals surface area contributed by atoms with E-state index in [0.29, 0.717) is 74.0 Å². The van der Waals surface area contributed by atoms with Gasteiger partial charge in [-0.05, 0) is 90.8 Å². The largest absolute Gasteiger partial charge is 0.495 e. The maximum absolute atomic E-state index is 16.5. The number of carbonyl (C=O) groups is 5. The Hall–Kier alpha value is -6.47. The van der Waals surface area contributed by atoms with Crippen LogP contribution in [0.5, 0.6) is 5.75 Å². The van der Waals surface area contributed by atoms with Crippen LogP contribution in [0.2, 0.25) is 5.02 Å². The van der Waals surface area contributed by atoms with Crippen LogP contribution in [0.4, 0.5) is 34.6 Å². The fourth-order valence-electron chi connectivity index (χ4n) is 12.6. The maximum Gasteiger partial charge on any atom is 0.433 e. The minimum atomic E-state index is -4.74. The molecule has 0 aliphatic carbocycles. The van der Waals surface area contributed by atoms with E-state index in [4.69, 9.17) is 22.1 Å². The molecular weight excluding hydrogens is 970 g/mol. The second kappa shape index (κ2) is 18.8. The van der Waals surface area contributed by atoms with E-state index in [1.54, 1.807) is 29.2 Å². The summed E-state index contributed by atoms with van der Waals surface area (Å²) in [6.07, 6.45) is -0.890. The quantitative estimate of drug-likeness (QED) is 0.120. The number of anilines is 3. The highest BCUT2D eigenvalue weighted by atomic mass is 35.5. The van der Waals surface area contributed by atoms with Gasteiger partial charge in [0, 0.05) is 116 Å². The van der Waals surface area contributed by atoms with E-state index in [0.717, 1.165) is 43.2 Å². The van der Waals surface area contributed by atoms with Crippen LogP contribution in [-0.4, -0.2) is 126 Å². The molecule has 5 atom stereocenters. The lowest BCUT2D eigenvalue weighted by molar-refractivity contribution is -0.141. The molecule has 7 heterocycles. The molecule has 0 saturated carbocycles. The highest BCUT2D eigenvalue weighted by Crippen LogP contribution is 2.61. The Morgan fingerprint density at radius 1 is 0.945 bits per heavy atom. The normalized spacial score (nSPS) is 24.8. The number of piperazine rings is 1. The maximum atomic E-state index is 16.5. The van der Waals surface area contributed by atoms with Gasteiger partial charge in [0.2, 0.25) is 17.7 Å². The second-order valence-electron chi connectivity index (χ2n) is 21.3. The molecule has 386 valence electrons. The van der Waals surface area contributed by atoms with E-state index in [1.165, 1.54) is 25.4 Å². The lowest BCUT2D eigenvalue weighted by atomic mass is 9.63. The van der Waals surface area contributed by atoms with E-state index >= 15 is 4.39 Å². The molecule has 15 nitrogen and oxygen atoms in total. The summed E-state index contributed by atoms with van der Waals surface area (Å²) in [6, 6.07) is 13.9. The zero-order valence-corrected chi connectivity index (χ0v) is 41.8. The minimum absolute atomic E-state index is 0.0133. The number of methoxy groups -OCH3 is 1. The van der Waals surface area contributed by atoms with Crippen LogP contribution in [-0.2, 0) is 32.5 Å². The predicted octanol–water partition coefficient (Wildman–Crippen LogP) is 6.72. The summed E-state index contributed by atoms with van der Waals surface area (Å²) in [6.45, 7) is 10.3. The van der Waals surface area contributed by atoms with E-state index in [-0.39, 0.29) is 52.7 Å². The van der Waals surface area contributed by atoms with Crippen LogP contribution in [0.3, 0.4) is 0 Å². The molecule has 6 aliphatic heterocycles. The number of hydrogen-bond donors (Lipinski definition) is 3. The highest BCUT2D eigenvalue weighted by molar-refractivity contribution is 6.30. The number of benzene rings is 3. The molecule has 1 spiro atoms. The molecule has 3 aromatic carbocycles. The summed E-state index contributed by atoms with van der Waals surface area (Å²) in [5, 5.41) is 5.34. The molecule has 1 unspecified atom stereocenters. The third-order valence-corrected chi connectivity index (χ3v) is 16.2. The number of nitrogens with zero attached hydrogens (tertiary/aromatic N) is 6. The van der Waals surface area contributed by atoms with E-state index in [9.17, 15) is 37.1 Å². The van der Waals surface area contributed by atoms with Crippen LogP contribution < -0.4 is 30.9 Å². The first-order chi connectivity index (χ1) is 34.7. The molecule has 6 aliphatic rings. The first kappa shape index (κ1) is 50.1. The summed E-state index contributed by atoms with van der Waals surface area (Å²) in [5.41, 5.74) is 7.36. The lowest BCUT2D eigenvalue weighted by Crippen LogP contribution is -2.54. The van der Waals surface area contributed by atoms with Gasteiger partial charge >= 0.3 is 6.18 Å². The number of ether oxygens (including phenoxy) is 1. The Morgan fingerprint density at radius 2 is 1.68 bits per heavy atom. The van der Waals surface area contributed by atoms with Crippen molar-refractivity contribution in [2.24, 2.45) is 11.1 Å². The number of carbonyl (C=O) groups excluding carboxylic acids is 5. The van der Waals surface area contributed by atoms with Crippen LogP contribution in [0, 0.1) is 11.2 Å². The van der Waals surface area contributed by atoms with Gasteiger partial charge in [0.25, 0.3) is 11.8 Å². The van der Waals surface area contributed by atoms with Gasteiger partial charge < -0.3 is 35.4 Å². The van der Waals surface area contributed by atoms with Gasteiger partial charge in [-0.25, -0.2) is 4.39 Å². The van der Waals surface area contributed by atoms with Crippen LogP contribution >= 0.6 is 11.6 Å². The van der Waals surface area contributed by atoms with Crippen LogP contribution in [0.15, 0.2) is 66.9 Å². The first-order valence-corrected chi connectivity index (χ1v) is 25.1. The van der Waals surface area contributed by atoms with Crippen molar-refractivity contribution in [3.05, 3.63) is 111 Å². The topological polar surface area (TPSA) is 174 Å². The number of nitrogens with one attached hydrogen (secondary N) is 2. The molecule has 20 heteroatoms. The molecule has 4 aromatic rings. The van der Waals surface area contributed by atoms with Crippen molar-refractivity contribution in [1.29, 1.82) is 0 Å². The molecule has 0 radical (unpaired) electrons. The fourth-order valence-corrected chi connectivity index (χ4v) is 12.7. The molecule has 0 bridgehead atoms. The molecule has 4 saturated heterocycles. The third-order valence-electron chi connectivity index (χ3n) is 15.9. The van der Waals surface area contributed by atoms with Crippen molar-refractivity contribution in [1.82, 2.24) is 25.0 Å². The van der Waals surface area contributed by atoms with Crippen molar-refractivity contribution < 1.29 is 46.3 Å². The number of primary amides is 1. The standard InChI is InChI=1S/C53H58ClF4N9O6/c1-51(2,3)25-42-52(28-61-37-24-41(53(56,57)58)60-26-35(37)52)44(34-6-5-7-36(54)45(34)55)46(47(59)69)67(42)38-11-8-29(23-40(38)73-4)49(71)65-20-18-64(19-21-65)31-14-16-63(17-15-31)32-9-10-33-30(22-32)27-66(50(33)72)39-12-13-43(68)62-48(39)70/h5-11,22-24,26,31,39,42,44,46,61H,12-21,25,27-28H2,1-4H3,(H2,59,69)(H,62,68,70)/t39?,42-,44-,46+,52-/m0/s1. The number of piperidine rings is 2. The van der Waals surface area contributed by atoms with Gasteiger partial charge in [-0.2, -0.15) is 13.2 Å². The Kier molecular flexibility index (Phi) is 12.9. The minimum Gasteiger partial charge on any atom is -0.495 e. The highest BCUT2D eigenvalue weighted by Gasteiger charge is 2.66. The Labute approximate surface area is 425 Å². The zero-order chi connectivity index (χ0) is 51.9.